The Labute approximate surface area is 106 Å². The zero-order valence-corrected chi connectivity index (χ0v) is 10.7. The molecule has 0 amide bonds. The first kappa shape index (κ1) is 12.6. The summed E-state index contributed by atoms with van der Waals surface area (Å²) in [6.45, 7) is 3.47. The lowest BCUT2D eigenvalue weighted by Crippen LogP contribution is -2.44. The van der Waals surface area contributed by atoms with E-state index in [0.717, 1.165) is 0 Å². The van der Waals surface area contributed by atoms with Crippen molar-refractivity contribution >= 4 is 11.8 Å². The molecule has 0 aromatic heterocycles. The fraction of sp³-hybridized carbons (Fsp3) is 0.429. The van der Waals surface area contributed by atoms with Crippen LogP contribution in [0.25, 0.3) is 0 Å². The van der Waals surface area contributed by atoms with E-state index < -0.39 is 11.4 Å². The number of hydrogen-bond acceptors (Lipinski definition) is 3. The second kappa shape index (κ2) is 4.12. The van der Waals surface area contributed by atoms with Crippen LogP contribution in [0.15, 0.2) is 18.2 Å². The number of ether oxygens (including phenoxy) is 1. The first-order chi connectivity index (χ1) is 8.41. The van der Waals surface area contributed by atoms with Crippen molar-refractivity contribution in [2.24, 2.45) is 5.92 Å². The van der Waals surface area contributed by atoms with Crippen LogP contribution < -0.4 is 4.74 Å². The smallest absolute Gasteiger partial charge is 0.314 e. The van der Waals surface area contributed by atoms with Crippen LogP contribution in [0, 0.1) is 5.92 Å². The summed E-state index contributed by atoms with van der Waals surface area (Å²) in [5.41, 5.74) is 0.00882. The van der Waals surface area contributed by atoms with Gasteiger partial charge in [-0.05, 0) is 36.6 Å². The van der Waals surface area contributed by atoms with Crippen LogP contribution in [-0.2, 0) is 10.2 Å². The molecule has 2 rings (SSSR count). The zero-order chi connectivity index (χ0) is 13.5. The molecule has 2 atom stereocenters. The monoisotopic (exact) mass is 248 g/mol. The Bertz CT molecular complexity index is 521. The number of aliphatic carboxylic acids is 1. The molecule has 0 aliphatic heterocycles. The molecule has 1 aromatic rings. The van der Waals surface area contributed by atoms with Crippen molar-refractivity contribution in [3.63, 3.8) is 0 Å². The van der Waals surface area contributed by atoms with E-state index in [4.69, 9.17) is 4.74 Å². The van der Waals surface area contributed by atoms with Gasteiger partial charge in [0.05, 0.1) is 12.5 Å². The van der Waals surface area contributed by atoms with Gasteiger partial charge in [0.25, 0.3) is 0 Å². The Balaban J connectivity index is 2.70. The molecule has 0 saturated carbocycles. The van der Waals surface area contributed by atoms with E-state index in [2.05, 4.69) is 0 Å². The molecule has 1 aromatic carbocycles. The van der Waals surface area contributed by atoms with Crippen molar-refractivity contribution in [2.45, 2.75) is 25.7 Å². The van der Waals surface area contributed by atoms with Crippen LogP contribution >= 0.6 is 0 Å². The summed E-state index contributed by atoms with van der Waals surface area (Å²) in [5, 5.41) is 9.51. The number of rotatable bonds is 2. The standard InChI is InChI=1S/C14H16O4/c1-8-6-12(15)10-5-4-9(18-3)7-11(10)14(8,2)13(16)17/h4-5,7-8H,6H2,1-3H3,(H,16,17). The minimum Gasteiger partial charge on any atom is -0.497 e. The molecular formula is C14H16O4. The number of fused-ring (bicyclic) bond motifs is 1. The lowest BCUT2D eigenvalue weighted by molar-refractivity contribution is -0.145. The van der Waals surface area contributed by atoms with Gasteiger partial charge in [0.2, 0.25) is 0 Å². The maximum Gasteiger partial charge on any atom is 0.314 e. The van der Waals surface area contributed by atoms with E-state index in [1.807, 2.05) is 0 Å². The predicted molar refractivity (Wildman–Crippen MR) is 66.1 cm³/mol. The van der Waals surface area contributed by atoms with E-state index in [-0.39, 0.29) is 18.1 Å². The highest BCUT2D eigenvalue weighted by Gasteiger charge is 2.47. The fourth-order valence-electron chi connectivity index (χ4n) is 2.51. The van der Waals surface area contributed by atoms with Crippen LogP contribution in [0.5, 0.6) is 5.75 Å². The summed E-state index contributed by atoms with van der Waals surface area (Å²) < 4.78 is 5.12. The summed E-state index contributed by atoms with van der Waals surface area (Å²) in [7, 11) is 1.52. The average molecular weight is 248 g/mol. The van der Waals surface area contributed by atoms with E-state index >= 15 is 0 Å². The van der Waals surface area contributed by atoms with E-state index in [9.17, 15) is 14.7 Å². The van der Waals surface area contributed by atoms with Crippen molar-refractivity contribution in [3.05, 3.63) is 29.3 Å². The van der Waals surface area contributed by atoms with Gasteiger partial charge >= 0.3 is 5.97 Å². The third-order valence-electron chi connectivity index (χ3n) is 4.01. The molecule has 1 aliphatic rings. The Morgan fingerprint density at radius 3 is 2.72 bits per heavy atom. The second-order valence-corrected chi connectivity index (χ2v) is 4.95. The van der Waals surface area contributed by atoms with Gasteiger partial charge in [-0.25, -0.2) is 0 Å². The molecule has 18 heavy (non-hydrogen) atoms. The molecule has 0 saturated heterocycles. The van der Waals surface area contributed by atoms with Crippen LogP contribution in [0.3, 0.4) is 0 Å². The first-order valence-electron chi connectivity index (χ1n) is 5.86. The predicted octanol–water partition coefficient (Wildman–Crippen LogP) is 2.26. The second-order valence-electron chi connectivity index (χ2n) is 4.95. The van der Waals surface area contributed by atoms with Gasteiger partial charge in [0.15, 0.2) is 5.78 Å². The molecule has 1 aliphatic carbocycles. The highest BCUT2D eigenvalue weighted by atomic mass is 16.5. The Kier molecular flexibility index (Phi) is 2.89. The summed E-state index contributed by atoms with van der Waals surface area (Å²) in [5.74, 6) is -0.568. The van der Waals surface area contributed by atoms with Crippen molar-refractivity contribution in [2.75, 3.05) is 7.11 Å². The van der Waals surface area contributed by atoms with Gasteiger partial charge < -0.3 is 9.84 Å². The van der Waals surface area contributed by atoms with Crippen LogP contribution in [0.2, 0.25) is 0 Å². The zero-order valence-electron chi connectivity index (χ0n) is 10.7. The quantitative estimate of drug-likeness (QED) is 0.872. The number of carbonyl (C=O) groups is 2. The van der Waals surface area contributed by atoms with Gasteiger partial charge in [-0.1, -0.05) is 6.92 Å². The molecule has 2 unspecified atom stereocenters. The molecule has 1 N–H and O–H groups in total. The highest BCUT2D eigenvalue weighted by Crippen LogP contribution is 2.42. The topological polar surface area (TPSA) is 63.6 Å². The van der Waals surface area contributed by atoms with Crippen molar-refractivity contribution < 1.29 is 19.4 Å². The molecule has 96 valence electrons. The van der Waals surface area contributed by atoms with Gasteiger partial charge in [0, 0.05) is 12.0 Å². The number of carboxylic acid groups (broad SMARTS) is 1. The highest BCUT2D eigenvalue weighted by molar-refractivity contribution is 6.02. The maximum absolute atomic E-state index is 12.0. The summed E-state index contributed by atoms with van der Waals surface area (Å²) in [6, 6.07) is 5.01. The average Bonchev–Trinajstić information content (AvgIpc) is 2.35. The summed E-state index contributed by atoms with van der Waals surface area (Å²) in [6.07, 6.45) is 0.266. The van der Waals surface area contributed by atoms with Gasteiger partial charge in [-0.15, -0.1) is 0 Å². The Morgan fingerprint density at radius 2 is 2.17 bits per heavy atom. The number of carboxylic acids is 1. The fourth-order valence-corrected chi connectivity index (χ4v) is 2.51. The number of carbonyl (C=O) groups excluding carboxylic acids is 1. The summed E-state index contributed by atoms with van der Waals surface area (Å²) in [4.78, 5) is 23.6. The maximum atomic E-state index is 12.0. The van der Waals surface area contributed by atoms with E-state index in [0.29, 0.717) is 16.9 Å². The largest absolute Gasteiger partial charge is 0.497 e. The molecule has 0 bridgehead atoms. The van der Waals surface area contributed by atoms with E-state index in [1.165, 1.54) is 7.11 Å². The lowest BCUT2D eigenvalue weighted by Gasteiger charge is -2.37. The van der Waals surface area contributed by atoms with Crippen molar-refractivity contribution in [3.8, 4) is 5.75 Å². The van der Waals surface area contributed by atoms with Crippen molar-refractivity contribution in [1.29, 1.82) is 0 Å². The lowest BCUT2D eigenvalue weighted by atomic mass is 9.64. The molecule has 4 heteroatoms. The Hall–Kier alpha value is -1.84. The van der Waals surface area contributed by atoms with E-state index in [1.54, 1.807) is 32.0 Å². The number of methoxy groups -OCH3 is 1. The van der Waals surface area contributed by atoms with Gasteiger partial charge in [-0.2, -0.15) is 0 Å². The van der Waals surface area contributed by atoms with Gasteiger partial charge in [-0.3, -0.25) is 9.59 Å². The van der Waals surface area contributed by atoms with Crippen LogP contribution in [0.4, 0.5) is 0 Å². The minimum absolute atomic E-state index is 0.00104. The number of benzene rings is 1. The first-order valence-corrected chi connectivity index (χ1v) is 5.86. The normalized spacial score (nSPS) is 26.6. The Morgan fingerprint density at radius 1 is 1.50 bits per heavy atom. The van der Waals surface area contributed by atoms with Crippen LogP contribution in [-0.4, -0.2) is 24.0 Å². The molecule has 0 radical (unpaired) electrons. The third-order valence-corrected chi connectivity index (χ3v) is 4.01. The minimum atomic E-state index is -1.04. The molecule has 0 spiro atoms. The molecular weight excluding hydrogens is 232 g/mol. The molecule has 0 fully saturated rings. The van der Waals surface area contributed by atoms with Gasteiger partial charge in [0.1, 0.15) is 5.75 Å². The third kappa shape index (κ3) is 1.60. The van der Waals surface area contributed by atoms with Crippen molar-refractivity contribution in [1.82, 2.24) is 0 Å². The molecule has 4 nitrogen and oxygen atoms in total. The number of hydrogen-bond donors (Lipinski definition) is 1. The number of Topliss-reactive ketones (excluding diaryl/α,β-unsaturated/α-hetero) is 1. The summed E-state index contributed by atoms with van der Waals surface area (Å²) >= 11 is 0. The molecule has 0 heterocycles. The number of ketones is 1. The van der Waals surface area contributed by atoms with Crippen LogP contribution in [0.1, 0.15) is 36.2 Å². The SMILES string of the molecule is COc1ccc2c(c1)C(C)(C(=O)O)C(C)CC2=O.